The van der Waals surface area contributed by atoms with Gasteiger partial charge in [0.05, 0.1) is 12.7 Å². The number of nitrogens with one attached hydrogen (secondary N) is 1. The van der Waals surface area contributed by atoms with Crippen molar-refractivity contribution in [2.45, 2.75) is 4.90 Å². The van der Waals surface area contributed by atoms with Gasteiger partial charge in [0.25, 0.3) is 5.91 Å². The molecular weight excluding hydrogens is 270 g/mol. The van der Waals surface area contributed by atoms with Gasteiger partial charge in [0, 0.05) is 17.2 Å². The van der Waals surface area contributed by atoms with Crippen molar-refractivity contribution in [3.63, 3.8) is 0 Å². The predicted molar refractivity (Wildman–Crippen MR) is 82.5 cm³/mol. The quantitative estimate of drug-likeness (QED) is 0.655. The third kappa shape index (κ3) is 4.03. The van der Waals surface area contributed by atoms with E-state index in [9.17, 15) is 4.79 Å². The average molecular weight is 287 g/mol. The summed E-state index contributed by atoms with van der Waals surface area (Å²) >= 11 is 1.72. The highest BCUT2D eigenvalue weighted by Crippen LogP contribution is 2.18. The van der Waals surface area contributed by atoms with Crippen LogP contribution >= 0.6 is 11.8 Å². The van der Waals surface area contributed by atoms with Crippen LogP contribution in [0.4, 0.5) is 0 Å². The normalized spacial score (nSPS) is 10.1. The minimum absolute atomic E-state index is 0.101. The van der Waals surface area contributed by atoms with E-state index >= 15 is 0 Å². The number of ether oxygens (including phenoxy) is 1. The number of hydrogen-bond donors (Lipinski definition) is 1. The first-order valence-electron chi connectivity index (χ1n) is 6.40. The lowest BCUT2D eigenvalue weighted by molar-refractivity contribution is 0.0953. The van der Waals surface area contributed by atoms with Crippen molar-refractivity contribution in [2.24, 2.45) is 0 Å². The van der Waals surface area contributed by atoms with Gasteiger partial charge in [0.1, 0.15) is 5.75 Å². The zero-order valence-electron chi connectivity index (χ0n) is 11.3. The monoisotopic (exact) mass is 287 g/mol. The van der Waals surface area contributed by atoms with E-state index < -0.39 is 0 Å². The Labute approximate surface area is 123 Å². The fraction of sp³-hybridized carbons (Fsp3) is 0.188. The molecule has 2 rings (SSSR count). The smallest absolute Gasteiger partial charge is 0.255 e. The summed E-state index contributed by atoms with van der Waals surface area (Å²) in [7, 11) is 1.57. The minimum atomic E-state index is -0.101. The molecule has 0 fully saturated rings. The molecule has 2 aromatic carbocycles. The molecule has 0 saturated heterocycles. The lowest BCUT2D eigenvalue weighted by Gasteiger charge is -2.08. The van der Waals surface area contributed by atoms with Crippen LogP contribution in [0.2, 0.25) is 0 Å². The van der Waals surface area contributed by atoms with E-state index in [4.69, 9.17) is 4.74 Å². The largest absolute Gasteiger partial charge is 0.496 e. The molecule has 0 saturated carbocycles. The number of para-hydroxylation sites is 1. The van der Waals surface area contributed by atoms with E-state index in [0.29, 0.717) is 17.9 Å². The number of thioether (sulfide) groups is 1. The second-order valence-electron chi connectivity index (χ2n) is 4.12. The number of methoxy groups -OCH3 is 1. The summed E-state index contributed by atoms with van der Waals surface area (Å²) in [5.74, 6) is 1.34. The Balaban J connectivity index is 1.81. The highest BCUT2D eigenvalue weighted by Gasteiger charge is 2.10. The molecule has 20 heavy (non-hydrogen) atoms. The van der Waals surface area contributed by atoms with Gasteiger partial charge in [-0.25, -0.2) is 0 Å². The van der Waals surface area contributed by atoms with Crippen LogP contribution in [0.3, 0.4) is 0 Å². The number of amides is 1. The standard InChI is InChI=1S/C16H17NO2S/c1-19-15-10-6-5-9-14(15)16(18)17-11-12-20-13-7-3-2-4-8-13/h2-10H,11-12H2,1H3,(H,17,18). The average Bonchev–Trinajstić information content (AvgIpc) is 2.52. The maximum absolute atomic E-state index is 12.0. The van der Waals surface area contributed by atoms with Gasteiger partial charge in [-0.3, -0.25) is 4.79 Å². The lowest BCUT2D eigenvalue weighted by Crippen LogP contribution is -2.26. The van der Waals surface area contributed by atoms with Crippen LogP contribution in [0.5, 0.6) is 5.75 Å². The Bertz CT molecular complexity index is 557. The molecule has 1 amide bonds. The summed E-state index contributed by atoms with van der Waals surface area (Å²) in [4.78, 5) is 13.2. The summed E-state index contributed by atoms with van der Waals surface area (Å²) in [5.41, 5.74) is 0.569. The van der Waals surface area contributed by atoms with Crippen molar-refractivity contribution in [2.75, 3.05) is 19.4 Å². The molecule has 0 bridgehead atoms. The van der Waals surface area contributed by atoms with Crippen molar-refractivity contribution in [1.82, 2.24) is 5.32 Å². The number of carbonyl (C=O) groups is 1. The summed E-state index contributed by atoms with van der Waals surface area (Å²) in [6.45, 7) is 0.621. The molecule has 0 aliphatic rings. The summed E-state index contributed by atoms with van der Waals surface area (Å²) in [6, 6.07) is 17.4. The van der Waals surface area contributed by atoms with E-state index in [2.05, 4.69) is 17.4 Å². The number of carbonyl (C=O) groups excluding carboxylic acids is 1. The molecule has 0 atom stereocenters. The molecule has 0 aromatic heterocycles. The maximum atomic E-state index is 12.0. The van der Waals surface area contributed by atoms with Crippen LogP contribution in [0.15, 0.2) is 59.5 Å². The zero-order chi connectivity index (χ0) is 14.2. The van der Waals surface area contributed by atoms with Crippen LogP contribution in [-0.2, 0) is 0 Å². The fourth-order valence-electron chi connectivity index (χ4n) is 1.78. The van der Waals surface area contributed by atoms with Gasteiger partial charge in [-0.1, -0.05) is 30.3 Å². The van der Waals surface area contributed by atoms with E-state index in [1.807, 2.05) is 30.3 Å². The Morgan fingerprint density at radius 1 is 1.10 bits per heavy atom. The van der Waals surface area contributed by atoms with Crippen molar-refractivity contribution in [3.8, 4) is 5.75 Å². The van der Waals surface area contributed by atoms with Gasteiger partial charge < -0.3 is 10.1 Å². The van der Waals surface area contributed by atoms with Gasteiger partial charge in [-0.2, -0.15) is 0 Å². The molecule has 2 aromatic rings. The Morgan fingerprint density at radius 3 is 2.55 bits per heavy atom. The first-order chi connectivity index (χ1) is 9.81. The van der Waals surface area contributed by atoms with E-state index in [1.54, 1.807) is 31.0 Å². The molecule has 0 spiro atoms. The number of benzene rings is 2. The Hall–Kier alpha value is -1.94. The van der Waals surface area contributed by atoms with Gasteiger partial charge in [-0.15, -0.1) is 11.8 Å². The van der Waals surface area contributed by atoms with Crippen LogP contribution in [0, 0.1) is 0 Å². The van der Waals surface area contributed by atoms with Crippen molar-refractivity contribution in [3.05, 3.63) is 60.2 Å². The van der Waals surface area contributed by atoms with Crippen LogP contribution in [-0.4, -0.2) is 25.3 Å². The van der Waals surface area contributed by atoms with Gasteiger partial charge in [0.2, 0.25) is 0 Å². The Kier molecular flexibility index (Phi) is 5.50. The molecule has 104 valence electrons. The van der Waals surface area contributed by atoms with E-state index in [0.717, 1.165) is 5.75 Å². The van der Waals surface area contributed by atoms with Gasteiger partial charge in [0.15, 0.2) is 0 Å². The van der Waals surface area contributed by atoms with E-state index in [-0.39, 0.29) is 5.91 Å². The molecule has 1 N–H and O–H groups in total. The third-order valence-electron chi connectivity index (χ3n) is 2.75. The third-order valence-corrected chi connectivity index (χ3v) is 3.76. The van der Waals surface area contributed by atoms with Crippen LogP contribution in [0.1, 0.15) is 10.4 Å². The first kappa shape index (κ1) is 14.5. The van der Waals surface area contributed by atoms with E-state index in [1.165, 1.54) is 4.90 Å². The molecule has 0 aliphatic carbocycles. The first-order valence-corrected chi connectivity index (χ1v) is 7.39. The highest BCUT2D eigenvalue weighted by atomic mass is 32.2. The van der Waals surface area contributed by atoms with Crippen molar-refractivity contribution in [1.29, 1.82) is 0 Å². The Morgan fingerprint density at radius 2 is 1.80 bits per heavy atom. The summed E-state index contributed by atoms with van der Waals surface area (Å²) < 4.78 is 5.18. The summed E-state index contributed by atoms with van der Waals surface area (Å²) in [6.07, 6.45) is 0. The van der Waals surface area contributed by atoms with Crippen molar-refractivity contribution < 1.29 is 9.53 Å². The second-order valence-corrected chi connectivity index (χ2v) is 5.29. The SMILES string of the molecule is COc1ccccc1C(=O)NCCSc1ccccc1. The molecule has 0 unspecified atom stereocenters. The molecule has 4 heteroatoms. The predicted octanol–water partition coefficient (Wildman–Crippen LogP) is 3.22. The lowest BCUT2D eigenvalue weighted by atomic mass is 10.2. The van der Waals surface area contributed by atoms with Gasteiger partial charge in [-0.05, 0) is 24.3 Å². The number of rotatable bonds is 6. The fourth-order valence-corrected chi connectivity index (χ4v) is 2.57. The summed E-state index contributed by atoms with van der Waals surface area (Å²) in [5, 5.41) is 2.90. The molecular formula is C16H17NO2S. The van der Waals surface area contributed by atoms with Crippen LogP contribution < -0.4 is 10.1 Å². The minimum Gasteiger partial charge on any atom is -0.496 e. The molecule has 0 heterocycles. The van der Waals surface area contributed by atoms with Crippen LogP contribution in [0.25, 0.3) is 0 Å². The topological polar surface area (TPSA) is 38.3 Å². The maximum Gasteiger partial charge on any atom is 0.255 e. The zero-order valence-corrected chi connectivity index (χ0v) is 12.2. The second kappa shape index (κ2) is 7.60. The number of hydrogen-bond acceptors (Lipinski definition) is 3. The van der Waals surface area contributed by atoms with Gasteiger partial charge >= 0.3 is 0 Å². The molecule has 3 nitrogen and oxygen atoms in total. The molecule has 0 aliphatic heterocycles. The molecule has 0 radical (unpaired) electrons. The van der Waals surface area contributed by atoms with Crippen molar-refractivity contribution >= 4 is 17.7 Å². The highest BCUT2D eigenvalue weighted by molar-refractivity contribution is 7.99.